The summed E-state index contributed by atoms with van der Waals surface area (Å²) in [6, 6.07) is 6.28. The molecule has 5 nitrogen and oxygen atoms in total. The lowest BCUT2D eigenvalue weighted by atomic mass is 10.2. The van der Waals surface area contributed by atoms with Crippen LogP contribution in [0.2, 0.25) is 0 Å². The Morgan fingerprint density at radius 2 is 2.15 bits per heavy atom. The van der Waals surface area contributed by atoms with E-state index in [0.717, 1.165) is 0 Å². The first-order valence-electron chi connectivity index (χ1n) is 5.65. The zero-order valence-corrected chi connectivity index (χ0v) is 13.5. The molecular weight excluding hydrogens is 364 g/mol. The fourth-order valence-electron chi connectivity index (χ4n) is 1.57. The minimum atomic E-state index is -3.73. The van der Waals surface area contributed by atoms with E-state index in [4.69, 9.17) is 5.73 Å². The molecule has 0 aliphatic rings. The Bertz CT molecular complexity index is 687. The molecule has 0 spiro atoms. The third-order valence-electron chi connectivity index (χ3n) is 2.64. The topological polar surface area (TPSA) is 92.4 Å². The SMILES string of the molecule is Nc1ccc(Br)c(S(=O)(=O)NCC(O)c2ccsc2)c1. The number of nitrogen functional groups attached to an aromatic ring is 1. The summed E-state index contributed by atoms with van der Waals surface area (Å²) in [6.45, 7) is -0.0969. The summed E-state index contributed by atoms with van der Waals surface area (Å²) < 4.78 is 27.1. The van der Waals surface area contributed by atoms with Gasteiger partial charge in [-0.3, -0.25) is 0 Å². The molecule has 0 radical (unpaired) electrons. The molecule has 0 aliphatic heterocycles. The smallest absolute Gasteiger partial charge is 0.241 e. The van der Waals surface area contributed by atoms with Crippen LogP contribution in [0.5, 0.6) is 0 Å². The van der Waals surface area contributed by atoms with Gasteiger partial charge in [0.25, 0.3) is 0 Å². The molecule has 0 bridgehead atoms. The van der Waals surface area contributed by atoms with Crippen molar-refractivity contribution in [2.24, 2.45) is 0 Å². The Kier molecular flexibility index (Phi) is 4.82. The van der Waals surface area contributed by atoms with E-state index in [1.807, 2.05) is 5.38 Å². The molecule has 20 heavy (non-hydrogen) atoms. The average Bonchev–Trinajstić information content (AvgIpc) is 2.93. The standard InChI is InChI=1S/C12H13BrN2O3S2/c13-10-2-1-9(14)5-12(10)20(17,18)15-6-11(16)8-3-4-19-7-8/h1-5,7,11,15-16H,6,14H2. The number of benzene rings is 1. The largest absolute Gasteiger partial charge is 0.399 e. The van der Waals surface area contributed by atoms with Crippen molar-refractivity contribution in [2.75, 3.05) is 12.3 Å². The first-order chi connectivity index (χ1) is 9.40. The Morgan fingerprint density at radius 3 is 2.80 bits per heavy atom. The van der Waals surface area contributed by atoms with Gasteiger partial charge in [-0.25, -0.2) is 13.1 Å². The third kappa shape index (κ3) is 3.58. The molecule has 2 aromatic rings. The molecule has 0 aliphatic carbocycles. The van der Waals surface area contributed by atoms with Gasteiger partial charge in [0.15, 0.2) is 0 Å². The Hall–Kier alpha value is -0.930. The van der Waals surface area contributed by atoms with Gasteiger partial charge in [0.1, 0.15) is 0 Å². The van der Waals surface area contributed by atoms with Crippen LogP contribution in [0.1, 0.15) is 11.7 Å². The fraction of sp³-hybridized carbons (Fsp3) is 0.167. The van der Waals surface area contributed by atoms with Crippen molar-refractivity contribution in [3.63, 3.8) is 0 Å². The third-order valence-corrected chi connectivity index (χ3v) is 5.76. The van der Waals surface area contributed by atoms with Crippen LogP contribution in [0.25, 0.3) is 0 Å². The monoisotopic (exact) mass is 376 g/mol. The number of hydrogen-bond acceptors (Lipinski definition) is 5. The number of sulfonamides is 1. The number of aliphatic hydroxyl groups is 1. The number of nitrogens with two attached hydrogens (primary N) is 1. The van der Waals surface area contributed by atoms with Gasteiger partial charge in [0.2, 0.25) is 10.0 Å². The van der Waals surface area contributed by atoms with Gasteiger partial charge < -0.3 is 10.8 Å². The van der Waals surface area contributed by atoms with Gasteiger partial charge in [-0.15, -0.1) is 0 Å². The lowest BCUT2D eigenvalue weighted by Crippen LogP contribution is -2.28. The number of nitrogens with one attached hydrogen (secondary N) is 1. The first kappa shape index (κ1) is 15.5. The van der Waals surface area contributed by atoms with Gasteiger partial charge in [0.05, 0.1) is 11.0 Å². The molecule has 0 saturated carbocycles. The molecule has 1 atom stereocenters. The first-order valence-corrected chi connectivity index (χ1v) is 8.87. The van der Waals surface area contributed by atoms with E-state index < -0.39 is 16.1 Å². The molecule has 1 aromatic carbocycles. The van der Waals surface area contributed by atoms with E-state index in [-0.39, 0.29) is 11.4 Å². The maximum atomic E-state index is 12.2. The molecule has 0 amide bonds. The second-order valence-electron chi connectivity index (χ2n) is 4.11. The predicted octanol–water partition coefficient (Wildman–Crippen LogP) is 2.10. The molecule has 8 heteroatoms. The van der Waals surface area contributed by atoms with Crippen LogP contribution in [0.15, 0.2) is 44.4 Å². The van der Waals surface area contributed by atoms with Crippen molar-refractivity contribution in [3.8, 4) is 0 Å². The summed E-state index contributed by atoms with van der Waals surface area (Å²) in [4.78, 5) is 0.0509. The van der Waals surface area contributed by atoms with E-state index in [2.05, 4.69) is 20.7 Å². The van der Waals surface area contributed by atoms with Gasteiger partial charge in [-0.2, -0.15) is 11.3 Å². The molecular formula is C12H13BrN2O3S2. The molecule has 108 valence electrons. The molecule has 0 fully saturated rings. The highest BCUT2D eigenvalue weighted by Crippen LogP contribution is 2.24. The highest BCUT2D eigenvalue weighted by Gasteiger charge is 2.19. The fourth-order valence-corrected chi connectivity index (χ4v) is 4.32. The normalized spacial score (nSPS) is 13.3. The summed E-state index contributed by atoms with van der Waals surface area (Å²) in [7, 11) is -3.73. The van der Waals surface area contributed by atoms with Crippen LogP contribution in [0.3, 0.4) is 0 Å². The number of aliphatic hydroxyl groups excluding tert-OH is 1. The summed E-state index contributed by atoms with van der Waals surface area (Å²) in [5.41, 5.74) is 6.63. The van der Waals surface area contributed by atoms with Crippen molar-refractivity contribution in [1.29, 1.82) is 0 Å². The van der Waals surface area contributed by atoms with Crippen molar-refractivity contribution in [3.05, 3.63) is 45.1 Å². The summed E-state index contributed by atoms with van der Waals surface area (Å²) >= 11 is 4.62. The number of halogens is 1. The molecule has 1 unspecified atom stereocenters. The molecule has 1 aromatic heterocycles. The van der Waals surface area contributed by atoms with E-state index >= 15 is 0 Å². The minimum absolute atomic E-state index is 0.0509. The quantitative estimate of drug-likeness (QED) is 0.696. The number of anilines is 1. The van der Waals surface area contributed by atoms with Crippen LogP contribution < -0.4 is 10.5 Å². The Balaban J connectivity index is 2.13. The van der Waals surface area contributed by atoms with Gasteiger partial charge in [-0.1, -0.05) is 0 Å². The molecule has 0 saturated heterocycles. The average molecular weight is 377 g/mol. The van der Waals surface area contributed by atoms with Gasteiger partial charge in [-0.05, 0) is 56.5 Å². The Labute approximate surface area is 129 Å². The highest BCUT2D eigenvalue weighted by molar-refractivity contribution is 9.10. The van der Waals surface area contributed by atoms with Crippen LogP contribution >= 0.6 is 27.3 Å². The molecule has 4 N–H and O–H groups in total. The van der Waals surface area contributed by atoms with Crippen LogP contribution in [0, 0.1) is 0 Å². The van der Waals surface area contributed by atoms with E-state index in [9.17, 15) is 13.5 Å². The molecule has 1 heterocycles. The minimum Gasteiger partial charge on any atom is -0.399 e. The lowest BCUT2D eigenvalue weighted by Gasteiger charge is -2.12. The number of hydrogen-bond donors (Lipinski definition) is 3. The van der Waals surface area contributed by atoms with Crippen LogP contribution in [-0.2, 0) is 10.0 Å². The maximum Gasteiger partial charge on any atom is 0.241 e. The van der Waals surface area contributed by atoms with Crippen molar-refractivity contribution < 1.29 is 13.5 Å². The van der Waals surface area contributed by atoms with Crippen molar-refractivity contribution >= 4 is 43.0 Å². The zero-order chi connectivity index (χ0) is 14.8. The van der Waals surface area contributed by atoms with E-state index in [1.54, 1.807) is 23.6 Å². The summed E-state index contributed by atoms with van der Waals surface area (Å²) in [5.74, 6) is 0. The number of rotatable bonds is 5. The van der Waals surface area contributed by atoms with Crippen LogP contribution in [-0.4, -0.2) is 20.1 Å². The summed E-state index contributed by atoms with van der Waals surface area (Å²) in [6.07, 6.45) is -0.879. The Morgan fingerprint density at radius 1 is 1.40 bits per heavy atom. The van der Waals surface area contributed by atoms with E-state index in [0.29, 0.717) is 15.7 Å². The van der Waals surface area contributed by atoms with E-state index in [1.165, 1.54) is 17.4 Å². The van der Waals surface area contributed by atoms with Gasteiger partial charge in [0, 0.05) is 16.7 Å². The number of thiophene rings is 1. The second kappa shape index (κ2) is 6.23. The summed E-state index contributed by atoms with van der Waals surface area (Å²) in [5, 5.41) is 13.5. The second-order valence-corrected chi connectivity index (χ2v) is 7.48. The van der Waals surface area contributed by atoms with Crippen molar-refractivity contribution in [2.45, 2.75) is 11.0 Å². The van der Waals surface area contributed by atoms with Gasteiger partial charge >= 0.3 is 0 Å². The maximum absolute atomic E-state index is 12.2. The highest BCUT2D eigenvalue weighted by atomic mass is 79.9. The molecule has 2 rings (SSSR count). The lowest BCUT2D eigenvalue weighted by molar-refractivity contribution is 0.182. The van der Waals surface area contributed by atoms with Crippen molar-refractivity contribution in [1.82, 2.24) is 4.72 Å². The zero-order valence-electron chi connectivity index (χ0n) is 10.3. The van der Waals surface area contributed by atoms with Crippen LogP contribution in [0.4, 0.5) is 5.69 Å². The predicted molar refractivity (Wildman–Crippen MR) is 83.0 cm³/mol.